The first-order valence-electron chi connectivity index (χ1n) is 7.98. The van der Waals surface area contributed by atoms with Crippen LogP contribution in [0.25, 0.3) is 0 Å². The van der Waals surface area contributed by atoms with Gasteiger partial charge in [0.25, 0.3) is 0 Å². The standard InChI is InChI=1S/3C5H7N2.BH3O3.Cr/c3*1-4-3-5(2)7-6-4;2-1(3)4;/h3*1-2H3,(H,6,7);2-4H;. The van der Waals surface area contributed by atoms with Crippen LogP contribution >= 0.6 is 0 Å². The van der Waals surface area contributed by atoms with Gasteiger partial charge >= 0.3 is 141 Å². The third-order valence-electron chi connectivity index (χ3n) is 3.79. The molecule has 0 spiro atoms. The Morgan fingerprint density at radius 3 is 1.00 bits per heavy atom. The Hall–Kier alpha value is -1.89. The van der Waals surface area contributed by atoms with Gasteiger partial charge in [-0.2, -0.15) is 0 Å². The maximum absolute atomic E-state index is 7.17. The van der Waals surface area contributed by atoms with Crippen molar-refractivity contribution in [2.45, 2.75) is 41.5 Å². The topological polar surface area (TPSA) is 147 Å². The van der Waals surface area contributed by atoms with E-state index in [1.807, 2.05) is 0 Å². The van der Waals surface area contributed by atoms with Crippen molar-refractivity contribution in [1.29, 1.82) is 0 Å². The molecule has 0 amide bonds. The van der Waals surface area contributed by atoms with E-state index in [4.69, 9.17) is 15.1 Å². The van der Waals surface area contributed by atoms with Crippen LogP contribution in [-0.2, 0) is 14.1 Å². The van der Waals surface area contributed by atoms with Gasteiger partial charge in [0.2, 0.25) is 0 Å². The largest absolute Gasteiger partial charge is 0.631 e. The first-order valence-corrected chi connectivity index (χ1v) is 9.89. The fraction of sp³-hybridized carbons (Fsp3) is 0.400. The van der Waals surface area contributed by atoms with E-state index in [9.17, 15) is 0 Å². The summed E-state index contributed by atoms with van der Waals surface area (Å²) >= 11 is -1.50. The second-order valence-corrected chi connectivity index (χ2v) is 8.81. The number of hydrogen-bond donors (Lipinski definition) is 6. The number of aromatic nitrogens is 6. The summed E-state index contributed by atoms with van der Waals surface area (Å²) in [5.41, 5.74) is 6.64. The van der Waals surface area contributed by atoms with Crippen LogP contribution in [0.5, 0.6) is 0 Å². The molecule has 3 heterocycles. The van der Waals surface area contributed by atoms with Crippen molar-refractivity contribution in [1.82, 2.24) is 30.6 Å². The van der Waals surface area contributed by atoms with E-state index < -0.39 is 21.5 Å². The van der Waals surface area contributed by atoms with E-state index in [2.05, 4.69) is 72.1 Å². The molecule has 0 bridgehead atoms. The molecule has 6 N–H and O–H groups in total. The SMILES string of the molecule is Cc1n[nH]c(C)[c]1[Cr]([c]1c(C)n[nH]c1C)[c]1c(C)n[nH]c1C.OB(O)O. The number of hydrogen-bond acceptors (Lipinski definition) is 6. The van der Waals surface area contributed by atoms with Crippen molar-refractivity contribution in [3.63, 3.8) is 0 Å². The van der Waals surface area contributed by atoms with Crippen molar-refractivity contribution in [3.05, 3.63) is 34.2 Å². The van der Waals surface area contributed by atoms with E-state index in [-0.39, 0.29) is 0 Å². The second kappa shape index (κ2) is 8.20. The summed E-state index contributed by atoms with van der Waals surface area (Å²) in [5, 5.41) is 44.2. The van der Waals surface area contributed by atoms with Crippen molar-refractivity contribution < 1.29 is 29.2 Å². The summed E-state index contributed by atoms with van der Waals surface area (Å²) in [6, 6.07) is 0. The zero-order valence-electron chi connectivity index (χ0n) is 15.7. The monoisotopic (exact) mass is 399 g/mol. The molecular weight excluding hydrogens is 375 g/mol. The number of aryl methyl sites for hydroxylation is 6. The number of H-pyrrole nitrogens is 3. The molecule has 0 saturated heterocycles. The number of rotatable bonds is 3. The molecule has 26 heavy (non-hydrogen) atoms. The fourth-order valence-electron chi connectivity index (χ4n) is 2.83. The van der Waals surface area contributed by atoms with Gasteiger partial charge in [0, 0.05) is 0 Å². The van der Waals surface area contributed by atoms with E-state index in [0.29, 0.717) is 0 Å². The molecular formula is C15H24BCrN6O3. The van der Waals surface area contributed by atoms with Crippen molar-refractivity contribution in [2.24, 2.45) is 0 Å². The van der Waals surface area contributed by atoms with Crippen LogP contribution in [0.15, 0.2) is 0 Å². The first-order chi connectivity index (χ1) is 12.1. The van der Waals surface area contributed by atoms with Gasteiger partial charge < -0.3 is 15.1 Å². The van der Waals surface area contributed by atoms with Crippen LogP contribution in [-0.4, -0.2) is 53.0 Å². The predicted octanol–water partition coefficient (Wildman–Crippen LogP) is -1.45. The fourth-order valence-corrected chi connectivity index (χ4v) is 7.03. The Kier molecular flexibility index (Phi) is 6.44. The molecule has 0 saturated carbocycles. The Bertz CT molecular complexity index is 717. The van der Waals surface area contributed by atoms with E-state index in [1.54, 1.807) is 0 Å². The van der Waals surface area contributed by atoms with Gasteiger partial charge in [-0.1, -0.05) is 0 Å². The molecule has 0 aromatic carbocycles. The summed E-state index contributed by atoms with van der Waals surface area (Å²) in [5.74, 6) is 0. The van der Waals surface area contributed by atoms with Gasteiger partial charge in [-0.05, 0) is 0 Å². The van der Waals surface area contributed by atoms with Crippen LogP contribution in [0.3, 0.4) is 0 Å². The van der Waals surface area contributed by atoms with Crippen LogP contribution in [0.4, 0.5) is 0 Å². The minimum absolute atomic E-state index is 1.07. The molecule has 0 aliphatic heterocycles. The third-order valence-corrected chi connectivity index (χ3v) is 8.52. The van der Waals surface area contributed by atoms with E-state index in [1.165, 1.54) is 13.3 Å². The average Bonchev–Trinajstić information content (AvgIpc) is 3.16. The zero-order chi connectivity index (χ0) is 19.6. The quantitative estimate of drug-likeness (QED) is 0.297. The molecule has 0 aliphatic rings. The molecule has 3 aromatic heterocycles. The Balaban J connectivity index is 0.000000552. The maximum Gasteiger partial charge on any atom is 0.631 e. The molecule has 0 radical (unpaired) electrons. The van der Waals surface area contributed by atoms with E-state index >= 15 is 0 Å². The van der Waals surface area contributed by atoms with Crippen LogP contribution < -0.4 is 13.3 Å². The molecule has 0 fully saturated rings. The predicted molar refractivity (Wildman–Crippen MR) is 95.5 cm³/mol. The van der Waals surface area contributed by atoms with Gasteiger partial charge in [0.05, 0.1) is 0 Å². The molecule has 0 unspecified atom stereocenters. The van der Waals surface area contributed by atoms with Crippen LogP contribution in [0.2, 0.25) is 0 Å². The summed E-state index contributed by atoms with van der Waals surface area (Å²) in [6.07, 6.45) is 0. The number of nitrogens with one attached hydrogen (secondary N) is 3. The second-order valence-electron chi connectivity index (χ2n) is 5.94. The molecule has 0 atom stereocenters. The average molecular weight is 399 g/mol. The zero-order valence-corrected chi connectivity index (χ0v) is 16.9. The molecule has 141 valence electrons. The summed E-state index contributed by atoms with van der Waals surface area (Å²) < 4.78 is 4.00. The van der Waals surface area contributed by atoms with E-state index in [0.717, 1.165) is 34.2 Å². The minimum atomic E-state index is -2.17. The Morgan fingerprint density at radius 2 is 0.846 bits per heavy atom. The summed E-state index contributed by atoms with van der Waals surface area (Å²) in [4.78, 5) is 0. The van der Waals surface area contributed by atoms with Crippen molar-refractivity contribution in [3.8, 4) is 0 Å². The van der Waals surface area contributed by atoms with Gasteiger partial charge in [0.1, 0.15) is 0 Å². The minimum Gasteiger partial charge on any atom is -0.402 e. The normalized spacial score (nSPS) is 10.8. The Morgan fingerprint density at radius 1 is 0.615 bits per heavy atom. The van der Waals surface area contributed by atoms with Crippen LogP contribution in [0.1, 0.15) is 34.2 Å². The van der Waals surface area contributed by atoms with Gasteiger partial charge in [-0.25, -0.2) is 0 Å². The summed E-state index contributed by atoms with van der Waals surface area (Å²) in [7, 11) is -2.17. The molecule has 3 rings (SSSR count). The molecule has 3 aromatic rings. The number of nitrogens with zero attached hydrogens (tertiary/aromatic N) is 3. The van der Waals surface area contributed by atoms with Crippen molar-refractivity contribution in [2.75, 3.05) is 0 Å². The van der Waals surface area contributed by atoms with Crippen LogP contribution in [0, 0.1) is 41.5 Å². The van der Waals surface area contributed by atoms with Gasteiger partial charge in [-0.15, -0.1) is 0 Å². The number of aromatic amines is 3. The molecule has 11 heteroatoms. The summed E-state index contributed by atoms with van der Waals surface area (Å²) in [6.45, 7) is 12.5. The molecule has 0 aliphatic carbocycles. The maximum atomic E-state index is 7.17. The Labute approximate surface area is 156 Å². The first kappa shape index (κ1) is 20.4. The molecule has 9 nitrogen and oxygen atoms in total. The van der Waals surface area contributed by atoms with Gasteiger partial charge in [0.15, 0.2) is 0 Å². The van der Waals surface area contributed by atoms with Crippen molar-refractivity contribution >= 4 is 20.6 Å². The smallest absolute Gasteiger partial charge is 0.402 e. The third kappa shape index (κ3) is 4.08. The van der Waals surface area contributed by atoms with Gasteiger partial charge in [-0.3, -0.25) is 0 Å².